The van der Waals surface area contributed by atoms with Crippen LogP contribution in [0.5, 0.6) is 0 Å². The van der Waals surface area contributed by atoms with E-state index in [2.05, 4.69) is 10.5 Å². The highest BCUT2D eigenvalue weighted by Gasteiger charge is 2.52. The smallest absolute Gasteiger partial charge is 0.366 e. The molecule has 1 atom stereocenters. The summed E-state index contributed by atoms with van der Waals surface area (Å²) in [7, 11) is 0. The molecular formula is C6H7NO6. The largest absolute Gasteiger partial charge is 0.478 e. The average Bonchev–Trinajstić information content (AvgIpc) is 1.97. The lowest BCUT2D eigenvalue weighted by atomic mass is 9.99. The van der Waals surface area contributed by atoms with Crippen molar-refractivity contribution in [3.05, 3.63) is 0 Å². The first-order chi connectivity index (χ1) is 5.89. The molecule has 1 amide bonds. The summed E-state index contributed by atoms with van der Waals surface area (Å²) in [6, 6.07) is 0. The maximum absolute atomic E-state index is 10.8. The number of amides is 1. The van der Waals surface area contributed by atoms with Crippen LogP contribution in [-0.2, 0) is 23.9 Å². The van der Waals surface area contributed by atoms with Crippen molar-refractivity contribution in [2.24, 2.45) is 5.73 Å². The number of Topliss-reactive ketones (excluding diaryl/α,β-unsaturated/α-hetero) is 1. The maximum atomic E-state index is 10.8. The number of carboxylic acids is 1. The van der Waals surface area contributed by atoms with Crippen LogP contribution in [0.2, 0.25) is 0 Å². The number of hydrogen-bond donors (Lipinski definition) is 2. The van der Waals surface area contributed by atoms with Crippen molar-refractivity contribution in [3.63, 3.8) is 0 Å². The molecule has 0 aromatic rings. The van der Waals surface area contributed by atoms with E-state index < -0.39 is 23.3 Å². The first-order valence-corrected chi connectivity index (χ1v) is 3.05. The second-order valence-corrected chi connectivity index (χ2v) is 2.12. The van der Waals surface area contributed by atoms with E-state index in [1.807, 2.05) is 0 Å². The summed E-state index contributed by atoms with van der Waals surface area (Å²) in [5, 5.41) is 8.49. The fourth-order valence-corrected chi connectivity index (χ4v) is 0.693. The van der Waals surface area contributed by atoms with Crippen molar-refractivity contribution >= 4 is 24.1 Å². The number of nitrogens with two attached hydrogens (primary N) is 1. The first-order valence-electron chi connectivity index (χ1n) is 3.05. The minimum atomic E-state index is -2.90. The predicted octanol–water partition coefficient (Wildman–Crippen LogP) is -1.94. The Balaban J connectivity index is 5.29. The molecule has 0 rings (SSSR count). The molecule has 0 aromatic heterocycles. The average molecular weight is 189 g/mol. The monoisotopic (exact) mass is 189 g/mol. The number of rotatable bonds is 5. The zero-order valence-corrected chi connectivity index (χ0v) is 6.64. The molecule has 7 heteroatoms. The summed E-state index contributed by atoms with van der Waals surface area (Å²) >= 11 is 0. The number of carbonyl (C=O) groups is 4. The summed E-state index contributed by atoms with van der Waals surface area (Å²) in [4.78, 5) is 41.8. The van der Waals surface area contributed by atoms with E-state index in [1.54, 1.807) is 0 Å². The summed E-state index contributed by atoms with van der Waals surface area (Å²) in [5.41, 5.74) is 1.73. The molecule has 0 spiro atoms. The number of carboxylic acid groups (broad SMARTS) is 1. The van der Waals surface area contributed by atoms with Gasteiger partial charge in [-0.1, -0.05) is 0 Å². The van der Waals surface area contributed by atoms with Crippen molar-refractivity contribution in [1.82, 2.24) is 0 Å². The fraction of sp³-hybridized carbons (Fsp3) is 0.333. The van der Waals surface area contributed by atoms with E-state index in [0.717, 1.165) is 6.92 Å². The highest BCUT2D eigenvalue weighted by atomic mass is 16.6. The maximum Gasteiger partial charge on any atom is 0.366 e. The zero-order chi connectivity index (χ0) is 10.6. The molecule has 0 bridgehead atoms. The van der Waals surface area contributed by atoms with Crippen molar-refractivity contribution in [3.8, 4) is 0 Å². The Morgan fingerprint density at radius 2 is 1.92 bits per heavy atom. The molecule has 0 fully saturated rings. The Kier molecular flexibility index (Phi) is 3.11. The van der Waals surface area contributed by atoms with Gasteiger partial charge >= 0.3 is 11.6 Å². The SMILES string of the molecule is CC(=O)C(OC=O)(C(N)=O)C(=O)O. The van der Waals surface area contributed by atoms with Crippen molar-refractivity contribution < 1.29 is 29.0 Å². The van der Waals surface area contributed by atoms with Gasteiger partial charge < -0.3 is 15.6 Å². The van der Waals surface area contributed by atoms with Crippen LogP contribution in [0.1, 0.15) is 6.92 Å². The fourth-order valence-electron chi connectivity index (χ4n) is 0.693. The first kappa shape index (κ1) is 11.1. The number of ether oxygens (including phenoxy) is 1. The Hall–Kier alpha value is -1.92. The van der Waals surface area contributed by atoms with Crippen molar-refractivity contribution in [2.45, 2.75) is 12.5 Å². The molecule has 0 saturated heterocycles. The van der Waals surface area contributed by atoms with Gasteiger partial charge in [0.05, 0.1) is 0 Å². The molecule has 0 aliphatic carbocycles. The molecule has 1 unspecified atom stereocenters. The number of carbonyl (C=O) groups excluding carboxylic acids is 3. The second-order valence-electron chi connectivity index (χ2n) is 2.12. The predicted molar refractivity (Wildman–Crippen MR) is 37.4 cm³/mol. The van der Waals surface area contributed by atoms with Gasteiger partial charge in [-0.05, 0) is 6.92 Å². The minimum absolute atomic E-state index is 0.319. The summed E-state index contributed by atoms with van der Waals surface area (Å²) in [6.45, 7) is 0.461. The Morgan fingerprint density at radius 1 is 1.46 bits per heavy atom. The van der Waals surface area contributed by atoms with E-state index in [-0.39, 0.29) is 6.47 Å². The number of ketones is 1. The molecule has 0 heterocycles. The van der Waals surface area contributed by atoms with Crippen LogP contribution in [0.15, 0.2) is 0 Å². The van der Waals surface area contributed by atoms with Crippen molar-refractivity contribution in [1.29, 1.82) is 0 Å². The minimum Gasteiger partial charge on any atom is -0.478 e. The van der Waals surface area contributed by atoms with Gasteiger partial charge in [0, 0.05) is 0 Å². The van der Waals surface area contributed by atoms with E-state index in [4.69, 9.17) is 5.11 Å². The van der Waals surface area contributed by atoms with Gasteiger partial charge in [0.2, 0.25) is 0 Å². The third-order valence-corrected chi connectivity index (χ3v) is 1.37. The topological polar surface area (TPSA) is 124 Å². The van der Waals surface area contributed by atoms with Gasteiger partial charge in [-0.2, -0.15) is 0 Å². The molecule has 7 nitrogen and oxygen atoms in total. The van der Waals surface area contributed by atoms with E-state index in [1.165, 1.54) is 0 Å². The molecule has 13 heavy (non-hydrogen) atoms. The van der Waals surface area contributed by atoms with Crippen LogP contribution in [0.25, 0.3) is 0 Å². The highest BCUT2D eigenvalue weighted by molar-refractivity contribution is 6.24. The highest BCUT2D eigenvalue weighted by Crippen LogP contribution is 2.11. The molecule has 0 aliphatic heterocycles. The lowest BCUT2D eigenvalue weighted by Gasteiger charge is -2.19. The van der Waals surface area contributed by atoms with Crippen LogP contribution in [0.4, 0.5) is 0 Å². The Labute approximate surface area is 72.5 Å². The van der Waals surface area contributed by atoms with Gasteiger partial charge in [0.25, 0.3) is 12.4 Å². The molecule has 3 N–H and O–H groups in total. The molecule has 0 aliphatic rings. The van der Waals surface area contributed by atoms with Gasteiger partial charge in [-0.25, -0.2) is 4.79 Å². The van der Waals surface area contributed by atoms with E-state index in [0.29, 0.717) is 0 Å². The molecule has 0 saturated carbocycles. The van der Waals surface area contributed by atoms with Crippen molar-refractivity contribution in [2.75, 3.05) is 0 Å². The Bertz CT molecular complexity index is 234. The zero-order valence-electron chi connectivity index (χ0n) is 6.64. The van der Waals surface area contributed by atoms with E-state index in [9.17, 15) is 19.2 Å². The van der Waals surface area contributed by atoms with Gasteiger partial charge in [-0.15, -0.1) is 0 Å². The lowest BCUT2D eigenvalue weighted by molar-refractivity contribution is -0.178. The third kappa shape index (κ3) is 1.63. The van der Waals surface area contributed by atoms with Gasteiger partial charge in [-0.3, -0.25) is 14.4 Å². The normalized spacial score (nSPS) is 13.9. The quantitative estimate of drug-likeness (QED) is 0.383. The molecule has 72 valence electrons. The summed E-state index contributed by atoms with van der Waals surface area (Å²) < 4.78 is 3.91. The van der Waals surface area contributed by atoms with E-state index >= 15 is 0 Å². The van der Waals surface area contributed by atoms with Gasteiger partial charge in [0.15, 0.2) is 5.78 Å². The van der Waals surface area contributed by atoms with Crippen LogP contribution in [0.3, 0.4) is 0 Å². The number of primary amides is 1. The lowest BCUT2D eigenvalue weighted by Crippen LogP contribution is -2.57. The van der Waals surface area contributed by atoms with Crippen LogP contribution >= 0.6 is 0 Å². The van der Waals surface area contributed by atoms with Crippen LogP contribution in [-0.4, -0.2) is 34.8 Å². The standard InChI is InChI=1S/C6H7NO6/c1-3(9)6(4(7)10,5(11)12)13-2-8/h2H,1H3,(H2,7,10)(H,11,12). The van der Waals surface area contributed by atoms with Crippen LogP contribution < -0.4 is 5.73 Å². The van der Waals surface area contributed by atoms with Gasteiger partial charge in [0.1, 0.15) is 0 Å². The molecular weight excluding hydrogens is 182 g/mol. The van der Waals surface area contributed by atoms with Crippen LogP contribution in [0, 0.1) is 0 Å². The molecule has 0 aromatic carbocycles. The number of hydrogen-bond acceptors (Lipinski definition) is 5. The Morgan fingerprint density at radius 3 is 2.00 bits per heavy atom. The third-order valence-electron chi connectivity index (χ3n) is 1.37. The summed E-state index contributed by atoms with van der Waals surface area (Å²) in [6.07, 6.45) is 0. The second kappa shape index (κ2) is 3.65. The molecule has 0 radical (unpaired) electrons. The summed E-state index contributed by atoms with van der Waals surface area (Å²) in [5.74, 6) is -4.63. The number of aliphatic carboxylic acids is 1.